The zero-order valence-corrected chi connectivity index (χ0v) is 17.8. The van der Waals surface area contributed by atoms with Gasteiger partial charge in [0.1, 0.15) is 5.75 Å². The number of pyridine rings is 1. The van der Waals surface area contributed by atoms with Gasteiger partial charge in [0.05, 0.1) is 28.6 Å². The molecule has 3 rings (SSSR count). The van der Waals surface area contributed by atoms with Crippen LogP contribution in [0.3, 0.4) is 0 Å². The van der Waals surface area contributed by atoms with Crippen LogP contribution in [0.1, 0.15) is 35.9 Å². The second kappa shape index (κ2) is 10.1. The summed E-state index contributed by atoms with van der Waals surface area (Å²) in [6.45, 7) is 3.98. The number of nitrogens with one attached hydrogen (secondary N) is 2. The number of hydrogen-bond donors (Lipinski definition) is 2. The molecule has 0 atom stereocenters. The van der Waals surface area contributed by atoms with Crippen LogP contribution in [0.5, 0.6) is 5.75 Å². The van der Waals surface area contributed by atoms with Crippen LogP contribution in [-0.2, 0) is 6.42 Å². The summed E-state index contributed by atoms with van der Waals surface area (Å²) in [7, 11) is 1.70. The molecule has 7 heteroatoms. The van der Waals surface area contributed by atoms with Crippen molar-refractivity contribution in [3.05, 3.63) is 83.3 Å². The summed E-state index contributed by atoms with van der Waals surface area (Å²) in [4.78, 5) is 13.3. The first-order chi connectivity index (χ1) is 15.0. The second-order valence-electron chi connectivity index (χ2n) is 6.93. The molecular formula is C24H24N6O. The van der Waals surface area contributed by atoms with Gasteiger partial charge in [-0.15, -0.1) is 0 Å². The van der Waals surface area contributed by atoms with Gasteiger partial charge in [-0.2, -0.15) is 5.26 Å². The maximum absolute atomic E-state index is 9.32. The van der Waals surface area contributed by atoms with Crippen LogP contribution < -0.4 is 10.1 Å². The van der Waals surface area contributed by atoms with Gasteiger partial charge < -0.3 is 10.1 Å². The van der Waals surface area contributed by atoms with Crippen LogP contribution >= 0.6 is 0 Å². The third-order valence-corrected chi connectivity index (χ3v) is 4.50. The van der Waals surface area contributed by atoms with E-state index in [9.17, 15) is 5.26 Å². The number of aryl methyl sites for hydroxylation is 2. The fraction of sp³-hybridized carbons (Fsp3) is 0.208. The van der Waals surface area contributed by atoms with Crippen LogP contribution in [0.4, 0.5) is 0 Å². The average Bonchev–Trinajstić information content (AvgIpc) is 2.79. The molecule has 0 saturated heterocycles. The van der Waals surface area contributed by atoms with Crippen molar-refractivity contribution in [1.29, 1.82) is 10.7 Å². The molecule has 2 heterocycles. The lowest BCUT2D eigenvalue weighted by molar-refractivity contribution is 0.394. The summed E-state index contributed by atoms with van der Waals surface area (Å²) < 4.78 is 6.04. The van der Waals surface area contributed by atoms with Crippen LogP contribution in [-0.4, -0.2) is 27.7 Å². The number of allylic oxidation sites excluding steroid dienone is 1. The van der Waals surface area contributed by atoms with E-state index < -0.39 is 0 Å². The average molecular weight is 412 g/mol. The largest absolute Gasteiger partial charge is 0.441 e. The fourth-order valence-electron chi connectivity index (χ4n) is 2.94. The number of hydrogen-bond acceptors (Lipinski definition) is 7. The fourth-order valence-corrected chi connectivity index (χ4v) is 2.94. The summed E-state index contributed by atoms with van der Waals surface area (Å²) in [6.07, 6.45) is 7.10. The quantitative estimate of drug-likeness (QED) is 0.424. The Balaban J connectivity index is 1.94. The van der Waals surface area contributed by atoms with Crippen LogP contribution in [0.2, 0.25) is 0 Å². The molecule has 0 fully saturated rings. The minimum Gasteiger partial charge on any atom is -0.441 e. The molecule has 0 aliphatic rings. The third-order valence-electron chi connectivity index (χ3n) is 4.50. The Labute approximate surface area is 182 Å². The van der Waals surface area contributed by atoms with Crippen molar-refractivity contribution in [2.45, 2.75) is 26.7 Å². The summed E-state index contributed by atoms with van der Waals surface area (Å²) in [5.74, 6) is 1.27. The van der Waals surface area contributed by atoms with E-state index in [1.165, 1.54) is 0 Å². The standard InChI is InChI=1S/C24H24N6O/c1-4-6-18-14-28-24(29-15-18)19-10-9-17(13-25)11-22(19)31-23(27-3)12-20(26)21-8-5-7-16(2)30-21/h5,7-12,14-15,26-27H,4,6H2,1-3H3/b23-12+,26-20?. The summed E-state index contributed by atoms with van der Waals surface area (Å²) in [5.41, 5.74) is 3.74. The molecule has 3 aromatic rings. The molecule has 1 aromatic carbocycles. The van der Waals surface area contributed by atoms with E-state index in [0.717, 1.165) is 24.1 Å². The van der Waals surface area contributed by atoms with E-state index in [-0.39, 0.29) is 5.71 Å². The molecular weight excluding hydrogens is 388 g/mol. The van der Waals surface area contributed by atoms with Gasteiger partial charge in [-0.1, -0.05) is 19.4 Å². The number of benzene rings is 1. The highest BCUT2D eigenvalue weighted by Gasteiger charge is 2.13. The molecule has 0 spiro atoms. The van der Waals surface area contributed by atoms with Crippen LogP contribution in [0.25, 0.3) is 11.4 Å². The Bertz CT molecular complexity index is 1150. The van der Waals surface area contributed by atoms with E-state index in [1.54, 1.807) is 37.4 Å². The lowest BCUT2D eigenvalue weighted by Crippen LogP contribution is -2.15. The molecule has 31 heavy (non-hydrogen) atoms. The van der Waals surface area contributed by atoms with E-state index in [2.05, 4.69) is 33.3 Å². The van der Waals surface area contributed by atoms with Crippen LogP contribution in [0.15, 0.2) is 60.8 Å². The predicted molar refractivity (Wildman–Crippen MR) is 120 cm³/mol. The molecule has 7 nitrogen and oxygen atoms in total. The summed E-state index contributed by atoms with van der Waals surface area (Å²) in [6, 6.07) is 12.7. The SMILES string of the molecule is CCCc1cnc(-c2ccc(C#N)cc2O/C(=C/C(=N)c2cccc(C)n2)NC)nc1. The van der Waals surface area contributed by atoms with Gasteiger partial charge in [0.15, 0.2) is 11.7 Å². The van der Waals surface area contributed by atoms with Crippen molar-refractivity contribution in [2.75, 3.05) is 7.05 Å². The molecule has 0 saturated carbocycles. The number of aromatic nitrogens is 3. The Morgan fingerprint density at radius 2 is 2.00 bits per heavy atom. The maximum atomic E-state index is 9.32. The Hall–Kier alpha value is -4.05. The van der Waals surface area contributed by atoms with E-state index in [4.69, 9.17) is 10.1 Å². The first kappa shape index (κ1) is 21.7. The lowest BCUT2D eigenvalue weighted by Gasteiger charge is -2.14. The smallest absolute Gasteiger partial charge is 0.195 e. The molecule has 0 aliphatic heterocycles. The Morgan fingerprint density at radius 1 is 1.23 bits per heavy atom. The summed E-state index contributed by atoms with van der Waals surface area (Å²) >= 11 is 0. The normalized spacial score (nSPS) is 11.0. The first-order valence-electron chi connectivity index (χ1n) is 9.99. The molecule has 2 N–H and O–H groups in total. The number of rotatable bonds is 8. The van der Waals surface area contributed by atoms with Gasteiger partial charge in [0.25, 0.3) is 0 Å². The molecule has 2 aromatic heterocycles. The van der Waals surface area contributed by atoms with Crippen LogP contribution in [0, 0.1) is 23.7 Å². The van der Waals surface area contributed by atoms with E-state index in [0.29, 0.717) is 34.3 Å². The van der Waals surface area contributed by atoms with Gasteiger partial charge in [-0.25, -0.2) is 9.97 Å². The van der Waals surface area contributed by atoms with Crippen molar-refractivity contribution < 1.29 is 4.74 Å². The van der Waals surface area contributed by atoms with Crippen molar-refractivity contribution in [2.24, 2.45) is 0 Å². The van der Waals surface area contributed by atoms with Crippen molar-refractivity contribution in [3.8, 4) is 23.2 Å². The zero-order chi connectivity index (χ0) is 22.2. The van der Waals surface area contributed by atoms with Gasteiger partial charge in [-0.05, 0) is 49.2 Å². The highest BCUT2D eigenvalue weighted by molar-refractivity contribution is 6.05. The van der Waals surface area contributed by atoms with Gasteiger partial charge >= 0.3 is 0 Å². The minimum absolute atomic E-state index is 0.200. The Kier molecular flexibility index (Phi) is 7.07. The minimum atomic E-state index is 0.200. The molecule has 0 amide bonds. The third kappa shape index (κ3) is 5.52. The van der Waals surface area contributed by atoms with Crippen molar-refractivity contribution >= 4 is 5.71 Å². The molecule has 0 aliphatic carbocycles. The molecule has 156 valence electrons. The second-order valence-corrected chi connectivity index (χ2v) is 6.93. The topological polar surface area (TPSA) is 108 Å². The lowest BCUT2D eigenvalue weighted by atomic mass is 10.1. The monoisotopic (exact) mass is 412 g/mol. The van der Waals surface area contributed by atoms with Gasteiger partial charge in [-0.3, -0.25) is 10.4 Å². The van der Waals surface area contributed by atoms with Gasteiger partial charge in [0, 0.05) is 31.2 Å². The number of nitriles is 1. The molecule has 0 bridgehead atoms. The van der Waals surface area contributed by atoms with Crippen molar-refractivity contribution in [3.63, 3.8) is 0 Å². The highest BCUT2D eigenvalue weighted by Crippen LogP contribution is 2.30. The maximum Gasteiger partial charge on any atom is 0.195 e. The van der Waals surface area contributed by atoms with E-state index >= 15 is 0 Å². The highest BCUT2D eigenvalue weighted by atomic mass is 16.5. The summed E-state index contributed by atoms with van der Waals surface area (Å²) in [5, 5.41) is 20.6. The number of nitrogens with zero attached hydrogens (tertiary/aromatic N) is 4. The zero-order valence-electron chi connectivity index (χ0n) is 17.8. The molecule has 0 unspecified atom stereocenters. The van der Waals surface area contributed by atoms with E-state index in [1.807, 2.05) is 31.5 Å². The number of ether oxygens (including phenoxy) is 1. The Morgan fingerprint density at radius 3 is 2.65 bits per heavy atom. The predicted octanol–water partition coefficient (Wildman–Crippen LogP) is 4.18. The van der Waals surface area contributed by atoms with Crippen molar-refractivity contribution in [1.82, 2.24) is 20.3 Å². The van der Waals surface area contributed by atoms with Gasteiger partial charge in [0.2, 0.25) is 0 Å². The first-order valence-corrected chi connectivity index (χ1v) is 9.99. The molecule has 0 radical (unpaired) electrons.